The Balaban J connectivity index is 1.47. The van der Waals surface area contributed by atoms with Gasteiger partial charge in [-0.3, -0.25) is 9.59 Å². The van der Waals surface area contributed by atoms with Gasteiger partial charge in [0, 0.05) is 5.69 Å². The van der Waals surface area contributed by atoms with Gasteiger partial charge in [0.1, 0.15) is 18.3 Å². The molecule has 1 saturated heterocycles. The SMILES string of the molecule is CCc1ccccc1OC1CN(C(=O)CC(=O)Nc2cccc(C)c2C)C1. The summed E-state index contributed by atoms with van der Waals surface area (Å²) in [4.78, 5) is 26.2. The molecule has 1 N–H and O–H groups in total. The highest BCUT2D eigenvalue weighted by Crippen LogP contribution is 2.23. The third-order valence-corrected chi connectivity index (χ3v) is 5.04. The zero-order chi connectivity index (χ0) is 19.4. The number of hydrogen-bond donors (Lipinski definition) is 1. The van der Waals surface area contributed by atoms with E-state index < -0.39 is 0 Å². The first-order chi connectivity index (χ1) is 13.0. The number of anilines is 1. The van der Waals surface area contributed by atoms with E-state index >= 15 is 0 Å². The molecule has 1 aliphatic heterocycles. The second kappa shape index (κ2) is 8.25. The van der Waals surface area contributed by atoms with Crippen LogP contribution in [0.4, 0.5) is 5.69 Å². The van der Waals surface area contributed by atoms with Gasteiger partial charge in [0.2, 0.25) is 11.8 Å². The number of nitrogens with one attached hydrogen (secondary N) is 1. The lowest BCUT2D eigenvalue weighted by Crippen LogP contribution is -2.56. The fourth-order valence-electron chi connectivity index (χ4n) is 3.14. The summed E-state index contributed by atoms with van der Waals surface area (Å²) in [5.74, 6) is 0.431. The maximum atomic E-state index is 12.3. The third kappa shape index (κ3) is 4.48. The Morgan fingerprint density at radius 3 is 2.59 bits per heavy atom. The minimum atomic E-state index is -0.283. The molecule has 0 atom stereocenters. The number of benzene rings is 2. The van der Waals surface area contributed by atoms with Crippen LogP contribution in [0.2, 0.25) is 0 Å². The summed E-state index contributed by atoms with van der Waals surface area (Å²) in [5, 5.41) is 2.83. The Kier molecular flexibility index (Phi) is 5.79. The lowest BCUT2D eigenvalue weighted by molar-refractivity contribution is -0.142. The number of carbonyl (C=O) groups is 2. The van der Waals surface area contributed by atoms with Crippen LogP contribution in [0.15, 0.2) is 42.5 Å². The predicted molar refractivity (Wildman–Crippen MR) is 106 cm³/mol. The number of aryl methyl sites for hydroxylation is 2. The quantitative estimate of drug-likeness (QED) is 0.796. The van der Waals surface area contributed by atoms with Crippen LogP contribution in [-0.2, 0) is 16.0 Å². The van der Waals surface area contributed by atoms with Gasteiger partial charge in [0.05, 0.1) is 13.1 Å². The van der Waals surface area contributed by atoms with E-state index in [9.17, 15) is 9.59 Å². The van der Waals surface area contributed by atoms with Crippen molar-refractivity contribution in [2.75, 3.05) is 18.4 Å². The second-order valence-electron chi connectivity index (χ2n) is 6.97. The van der Waals surface area contributed by atoms with E-state index in [1.54, 1.807) is 4.90 Å². The smallest absolute Gasteiger partial charge is 0.233 e. The monoisotopic (exact) mass is 366 g/mol. The van der Waals surface area contributed by atoms with Crippen molar-refractivity contribution in [1.82, 2.24) is 4.90 Å². The average Bonchev–Trinajstić information content (AvgIpc) is 2.61. The molecule has 0 unspecified atom stereocenters. The largest absolute Gasteiger partial charge is 0.486 e. The minimum Gasteiger partial charge on any atom is -0.486 e. The van der Waals surface area contributed by atoms with Crippen LogP contribution >= 0.6 is 0 Å². The summed E-state index contributed by atoms with van der Waals surface area (Å²) in [5.41, 5.74) is 4.04. The van der Waals surface area contributed by atoms with E-state index in [0.29, 0.717) is 13.1 Å². The topological polar surface area (TPSA) is 58.6 Å². The first-order valence-electron chi connectivity index (χ1n) is 9.36. The Bertz CT molecular complexity index is 841. The summed E-state index contributed by atoms with van der Waals surface area (Å²) in [7, 11) is 0. The molecule has 0 spiro atoms. The van der Waals surface area contributed by atoms with Gasteiger partial charge < -0.3 is 15.0 Å². The van der Waals surface area contributed by atoms with E-state index in [1.807, 2.05) is 50.2 Å². The summed E-state index contributed by atoms with van der Waals surface area (Å²) < 4.78 is 5.99. The highest BCUT2D eigenvalue weighted by atomic mass is 16.5. The van der Waals surface area contributed by atoms with Crippen LogP contribution in [-0.4, -0.2) is 35.9 Å². The molecule has 1 aliphatic rings. The highest BCUT2D eigenvalue weighted by Gasteiger charge is 2.33. The molecular formula is C22H26N2O3. The highest BCUT2D eigenvalue weighted by molar-refractivity contribution is 6.04. The third-order valence-electron chi connectivity index (χ3n) is 5.04. The van der Waals surface area contributed by atoms with Crippen LogP contribution < -0.4 is 10.1 Å². The molecular weight excluding hydrogens is 340 g/mol. The Hall–Kier alpha value is -2.82. The zero-order valence-corrected chi connectivity index (χ0v) is 16.1. The fraction of sp³-hybridized carbons (Fsp3) is 0.364. The van der Waals surface area contributed by atoms with Gasteiger partial charge in [-0.1, -0.05) is 37.3 Å². The molecule has 1 fully saturated rings. The molecule has 0 bridgehead atoms. The van der Waals surface area contributed by atoms with Crippen LogP contribution in [0.25, 0.3) is 0 Å². The molecule has 0 radical (unpaired) electrons. The molecule has 2 amide bonds. The maximum absolute atomic E-state index is 12.3. The van der Waals surface area contributed by atoms with Gasteiger partial charge in [0.25, 0.3) is 0 Å². The van der Waals surface area contributed by atoms with E-state index in [1.165, 1.54) is 0 Å². The molecule has 2 aromatic rings. The van der Waals surface area contributed by atoms with Crippen molar-refractivity contribution in [3.8, 4) is 5.75 Å². The summed E-state index contributed by atoms with van der Waals surface area (Å²) >= 11 is 0. The summed E-state index contributed by atoms with van der Waals surface area (Å²) in [6.07, 6.45) is 0.749. The summed E-state index contributed by atoms with van der Waals surface area (Å²) in [6, 6.07) is 13.7. The lowest BCUT2D eigenvalue weighted by Gasteiger charge is -2.39. The van der Waals surface area contributed by atoms with Crippen molar-refractivity contribution in [3.63, 3.8) is 0 Å². The number of hydrogen-bond acceptors (Lipinski definition) is 3. The molecule has 0 aromatic heterocycles. The van der Waals surface area contributed by atoms with E-state index in [0.717, 1.165) is 34.5 Å². The van der Waals surface area contributed by atoms with Crippen molar-refractivity contribution in [1.29, 1.82) is 0 Å². The first kappa shape index (κ1) is 19.0. The number of amides is 2. The normalized spacial score (nSPS) is 13.8. The molecule has 3 rings (SSSR count). The average molecular weight is 366 g/mol. The van der Waals surface area contributed by atoms with E-state index in [-0.39, 0.29) is 24.3 Å². The van der Waals surface area contributed by atoms with Gasteiger partial charge in [0.15, 0.2) is 0 Å². The van der Waals surface area contributed by atoms with Crippen molar-refractivity contribution in [2.24, 2.45) is 0 Å². The van der Waals surface area contributed by atoms with Crippen LogP contribution in [0.1, 0.15) is 30.0 Å². The Morgan fingerprint density at radius 2 is 1.85 bits per heavy atom. The van der Waals surface area contributed by atoms with Gasteiger partial charge >= 0.3 is 0 Å². The van der Waals surface area contributed by atoms with Crippen LogP contribution in [0.3, 0.4) is 0 Å². The van der Waals surface area contributed by atoms with Crippen molar-refractivity contribution in [3.05, 3.63) is 59.2 Å². The maximum Gasteiger partial charge on any atom is 0.233 e. The number of para-hydroxylation sites is 1. The van der Waals surface area contributed by atoms with Crippen molar-refractivity contribution < 1.29 is 14.3 Å². The number of ether oxygens (including phenoxy) is 1. The molecule has 0 aliphatic carbocycles. The Labute approximate surface area is 160 Å². The fourth-order valence-corrected chi connectivity index (χ4v) is 3.14. The van der Waals surface area contributed by atoms with Gasteiger partial charge in [-0.05, 0) is 49.1 Å². The number of likely N-dealkylation sites (tertiary alicyclic amines) is 1. The molecule has 2 aromatic carbocycles. The first-order valence-corrected chi connectivity index (χ1v) is 9.36. The van der Waals surface area contributed by atoms with Crippen molar-refractivity contribution in [2.45, 2.75) is 39.7 Å². The van der Waals surface area contributed by atoms with Gasteiger partial charge in [-0.2, -0.15) is 0 Å². The molecule has 0 saturated carbocycles. The van der Waals surface area contributed by atoms with Crippen LogP contribution in [0, 0.1) is 13.8 Å². The summed E-state index contributed by atoms with van der Waals surface area (Å²) in [6.45, 7) is 7.08. The van der Waals surface area contributed by atoms with E-state index in [2.05, 4.69) is 18.3 Å². The predicted octanol–water partition coefficient (Wildman–Crippen LogP) is 3.48. The molecule has 5 nitrogen and oxygen atoms in total. The van der Waals surface area contributed by atoms with Gasteiger partial charge in [-0.25, -0.2) is 0 Å². The Morgan fingerprint density at radius 1 is 1.11 bits per heavy atom. The van der Waals surface area contributed by atoms with E-state index in [4.69, 9.17) is 4.74 Å². The minimum absolute atomic E-state index is 0.0104. The molecule has 142 valence electrons. The van der Waals surface area contributed by atoms with Crippen molar-refractivity contribution >= 4 is 17.5 Å². The van der Waals surface area contributed by atoms with Gasteiger partial charge in [-0.15, -0.1) is 0 Å². The van der Waals surface area contributed by atoms with Crippen LogP contribution in [0.5, 0.6) is 5.75 Å². The second-order valence-corrected chi connectivity index (χ2v) is 6.97. The number of rotatable bonds is 6. The standard InChI is InChI=1S/C22H26N2O3/c1-4-17-9-5-6-11-20(17)27-18-13-24(14-18)22(26)12-21(25)23-19-10-7-8-15(2)16(19)3/h5-11,18H,4,12-14H2,1-3H3,(H,23,25). The molecule has 5 heteroatoms. The molecule has 1 heterocycles. The lowest BCUT2D eigenvalue weighted by atomic mass is 10.1. The number of carbonyl (C=O) groups excluding carboxylic acids is 2. The number of nitrogens with zero attached hydrogens (tertiary/aromatic N) is 1. The zero-order valence-electron chi connectivity index (χ0n) is 16.1. The molecule has 27 heavy (non-hydrogen) atoms.